The number of sulfonamides is 1. The fraction of sp³-hybridized carbons (Fsp3) is 0.200. The molecule has 0 bridgehead atoms. The molecule has 0 saturated heterocycles. The molecule has 4 rings (SSSR count). The number of nitrogens with zero attached hydrogens (tertiary/aromatic N) is 2. The van der Waals surface area contributed by atoms with Crippen LogP contribution in [0.3, 0.4) is 0 Å². The van der Waals surface area contributed by atoms with Crippen LogP contribution in [0.25, 0.3) is 10.9 Å². The summed E-state index contributed by atoms with van der Waals surface area (Å²) in [4.78, 5) is 12.1. The van der Waals surface area contributed by atoms with Gasteiger partial charge >= 0.3 is 5.97 Å². The zero-order valence-corrected chi connectivity index (χ0v) is 22.7. The molecule has 1 heterocycles. The number of aromatic nitrogens is 1. The summed E-state index contributed by atoms with van der Waals surface area (Å²) in [6, 6.07) is 19.1. The van der Waals surface area contributed by atoms with Crippen molar-refractivity contribution >= 4 is 26.9 Å². The van der Waals surface area contributed by atoms with Crippen LogP contribution in [0.15, 0.2) is 77.8 Å². The molecule has 40 heavy (non-hydrogen) atoms. The molecule has 0 fully saturated rings. The normalized spacial score (nSPS) is 11.7. The van der Waals surface area contributed by atoms with Crippen molar-refractivity contribution < 1.29 is 27.8 Å². The number of rotatable bonds is 11. The lowest BCUT2D eigenvalue weighted by molar-refractivity contribution is -0.138. The highest BCUT2D eigenvalue weighted by Gasteiger charge is 2.27. The topological polar surface area (TPSA) is 131 Å². The van der Waals surface area contributed by atoms with Crippen molar-refractivity contribution in [3.05, 3.63) is 89.6 Å². The van der Waals surface area contributed by atoms with Gasteiger partial charge < -0.3 is 19.1 Å². The Morgan fingerprint density at radius 3 is 2.48 bits per heavy atom. The number of carboxylic acid groups (broad SMARTS) is 1. The smallest absolute Gasteiger partial charge is 0.322 e. The van der Waals surface area contributed by atoms with E-state index in [0.29, 0.717) is 29.2 Å². The van der Waals surface area contributed by atoms with Gasteiger partial charge in [-0.05, 0) is 66.6 Å². The lowest BCUT2D eigenvalue weighted by atomic mass is 10.1. The lowest BCUT2D eigenvalue weighted by Crippen LogP contribution is -2.42. The van der Waals surface area contributed by atoms with Crippen LogP contribution in [-0.4, -0.2) is 43.8 Å². The first-order chi connectivity index (χ1) is 19.2. The highest BCUT2D eigenvalue weighted by Crippen LogP contribution is 2.28. The third-order valence-corrected chi connectivity index (χ3v) is 7.78. The van der Waals surface area contributed by atoms with E-state index in [1.165, 1.54) is 31.4 Å². The largest absolute Gasteiger partial charge is 0.497 e. The number of nitrogens with one attached hydrogen (secondary N) is 1. The third-order valence-electron chi connectivity index (χ3n) is 6.29. The molecule has 1 unspecified atom stereocenters. The van der Waals surface area contributed by atoms with Crippen LogP contribution >= 0.6 is 0 Å². The number of fused-ring (bicyclic) bond motifs is 1. The molecule has 0 spiro atoms. The Balaban J connectivity index is 1.64. The third kappa shape index (κ3) is 6.44. The van der Waals surface area contributed by atoms with Crippen LogP contribution in [0.2, 0.25) is 0 Å². The van der Waals surface area contributed by atoms with Gasteiger partial charge in [-0.3, -0.25) is 4.79 Å². The highest BCUT2D eigenvalue weighted by molar-refractivity contribution is 7.89. The van der Waals surface area contributed by atoms with Crippen molar-refractivity contribution in [2.45, 2.75) is 30.8 Å². The minimum atomic E-state index is -4.17. The van der Waals surface area contributed by atoms with Crippen LogP contribution in [0.1, 0.15) is 23.6 Å². The van der Waals surface area contributed by atoms with Crippen molar-refractivity contribution in [1.82, 2.24) is 9.29 Å². The van der Waals surface area contributed by atoms with Gasteiger partial charge in [0.05, 0.1) is 23.6 Å². The van der Waals surface area contributed by atoms with Gasteiger partial charge in [-0.25, -0.2) is 8.42 Å². The van der Waals surface area contributed by atoms with Crippen LogP contribution in [0, 0.1) is 23.2 Å². The zero-order valence-electron chi connectivity index (χ0n) is 21.9. The monoisotopic (exact) mass is 557 g/mol. The van der Waals surface area contributed by atoms with Gasteiger partial charge in [-0.15, -0.1) is 5.92 Å². The highest BCUT2D eigenvalue weighted by atomic mass is 32.2. The molecule has 4 aromatic rings. The molecule has 204 valence electrons. The fourth-order valence-corrected chi connectivity index (χ4v) is 5.47. The van der Waals surface area contributed by atoms with Crippen molar-refractivity contribution in [3.63, 3.8) is 0 Å². The number of aliphatic carboxylic acids is 1. The van der Waals surface area contributed by atoms with E-state index in [9.17, 15) is 23.6 Å². The van der Waals surface area contributed by atoms with E-state index >= 15 is 0 Å². The summed E-state index contributed by atoms with van der Waals surface area (Å²) in [6.07, 6.45) is 1.66. The summed E-state index contributed by atoms with van der Waals surface area (Å²) >= 11 is 0. The number of hydrogen-bond acceptors (Lipinski definition) is 6. The first kappa shape index (κ1) is 28.2. The molecule has 0 saturated carbocycles. The number of carboxylic acids is 1. The molecule has 0 aliphatic rings. The van der Waals surface area contributed by atoms with Gasteiger partial charge in [0, 0.05) is 30.1 Å². The van der Waals surface area contributed by atoms with Crippen molar-refractivity contribution in [2.24, 2.45) is 0 Å². The fourth-order valence-electron chi connectivity index (χ4n) is 4.28. The molecule has 0 aliphatic carbocycles. The molecular formula is C30H27N3O6S. The molecule has 0 aliphatic heterocycles. The summed E-state index contributed by atoms with van der Waals surface area (Å²) in [6.45, 7) is 2.22. The van der Waals surface area contributed by atoms with E-state index in [4.69, 9.17) is 9.47 Å². The Labute approximate surface area is 232 Å². The predicted octanol–water partition coefficient (Wildman–Crippen LogP) is 3.95. The Morgan fingerprint density at radius 1 is 1.07 bits per heavy atom. The first-order valence-electron chi connectivity index (χ1n) is 12.3. The maximum absolute atomic E-state index is 13.1. The van der Waals surface area contributed by atoms with Crippen molar-refractivity contribution in [3.8, 4) is 29.4 Å². The van der Waals surface area contributed by atoms with Crippen LogP contribution < -0.4 is 14.2 Å². The minimum absolute atomic E-state index is 0.0927. The Bertz CT molecular complexity index is 1740. The average molecular weight is 558 g/mol. The second-order valence-corrected chi connectivity index (χ2v) is 10.6. The Kier molecular flexibility index (Phi) is 8.75. The van der Waals surface area contributed by atoms with Gasteiger partial charge in [0.1, 0.15) is 24.1 Å². The van der Waals surface area contributed by atoms with Crippen LogP contribution in [0.4, 0.5) is 0 Å². The van der Waals surface area contributed by atoms with Gasteiger partial charge in [0.25, 0.3) is 0 Å². The second kappa shape index (κ2) is 12.4. The first-order valence-corrected chi connectivity index (χ1v) is 13.8. The summed E-state index contributed by atoms with van der Waals surface area (Å²) in [7, 11) is -2.63. The van der Waals surface area contributed by atoms with Gasteiger partial charge in [0.15, 0.2) is 0 Å². The lowest BCUT2D eigenvalue weighted by Gasteiger charge is -2.15. The predicted molar refractivity (Wildman–Crippen MR) is 150 cm³/mol. The zero-order chi connectivity index (χ0) is 28.7. The quantitative estimate of drug-likeness (QED) is 0.267. The molecule has 0 radical (unpaired) electrons. The number of nitriles is 1. The molecule has 9 nitrogen and oxygen atoms in total. The minimum Gasteiger partial charge on any atom is -0.497 e. The van der Waals surface area contributed by atoms with E-state index in [2.05, 4.69) is 22.6 Å². The number of hydrogen-bond donors (Lipinski definition) is 2. The van der Waals surface area contributed by atoms with E-state index < -0.39 is 22.0 Å². The van der Waals surface area contributed by atoms with Crippen molar-refractivity contribution in [1.29, 1.82) is 5.26 Å². The number of carbonyl (C=O) groups is 1. The molecule has 1 atom stereocenters. The average Bonchev–Trinajstić information content (AvgIpc) is 3.29. The molecule has 1 aromatic heterocycles. The van der Waals surface area contributed by atoms with Crippen LogP contribution in [-0.2, 0) is 27.8 Å². The molecule has 0 amide bonds. The summed E-state index contributed by atoms with van der Waals surface area (Å²) < 4.78 is 41.2. The van der Waals surface area contributed by atoms with Crippen LogP contribution in [0.5, 0.6) is 11.5 Å². The number of ether oxygens (including phenoxy) is 2. The summed E-state index contributed by atoms with van der Waals surface area (Å²) in [5.74, 6) is 5.15. The Hall–Kier alpha value is -4.77. The SMILES string of the molecule is CC#CCOc1ccc(S(=O)(=O)NC(Cc2cn(Cc3ccccc3C#N)c3ccc(OC)cc23)C(=O)O)cc1. The Morgan fingerprint density at radius 2 is 1.80 bits per heavy atom. The number of methoxy groups -OCH3 is 1. The summed E-state index contributed by atoms with van der Waals surface area (Å²) in [5.41, 5.74) is 2.73. The van der Waals surface area contributed by atoms with E-state index in [0.717, 1.165) is 16.5 Å². The van der Waals surface area contributed by atoms with Gasteiger partial charge in [-0.2, -0.15) is 9.98 Å². The number of benzene rings is 3. The van der Waals surface area contributed by atoms with E-state index in [1.54, 1.807) is 37.4 Å². The second-order valence-electron chi connectivity index (χ2n) is 8.84. The van der Waals surface area contributed by atoms with Gasteiger partial charge in [0.2, 0.25) is 10.0 Å². The molecule has 3 aromatic carbocycles. The molecule has 10 heteroatoms. The van der Waals surface area contributed by atoms with Crippen molar-refractivity contribution in [2.75, 3.05) is 13.7 Å². The maximum Gasteiger partial charge on any atom is 0.322 e. The summed E-state index contributed by atoms with van der Waals surface area (Å²) in [5, 5.41) is 20.2. The van der Waals surface area contributed by atoms with Gasteiger partial charge in [-0.1, -0.05) is 24.1 Å². The molecule has 2 N–H and O–H groups in total. The van der Waals surface area contributed by atoms with E-state index in [1.807, 2.05) is 22.8 Å². The maximum atomic E-state index is 13.1. The van der Waals surface area contributed by atoms with E-state index in [-0.39, 0.29) is 17.9 Å². The standard InChI is InChI=1S/C30H27N3O6S/c1-3-4-15-39-24-9-12-26(13-10-24)40(36,37)32-28(30(34)35)16-23-20-33(19-22-8-6-5-7-21(22)18-31)29-14-11-25(38-2)17-27(23)29/h5-14,17,20,28,32H,15-16,19H2,1-2H3,(H,34,35). The molecular weight excluding hydrogens is 530 g/mol.